The molecule has 0 radical (unpaired) electrons. The fourth-order valence-electron chi connectivity index (χ4n) is 1.82. The summed E-state index contributed by atoms with van der Waals surface area (Å²) in [5, 5.41) is 3.43. The van der Waals surface area contributed by atoms with Gasteiger partial charge in [-0.25, -0.2) is 9.97 Å². The van der Waals surface area contributed by atoms with Crippen LogP contribution in [0.1, 0.15) is 25.5 Å². The minimum atomic E-state index is 0.592. The summed E-state index contributed by atoms with van der Waals surface area (Å²) in [4.78, 5) is 10.5. The molecule has 4 heteroatoms. The number of nitrogens with zero attached hydrogens (tertiary/aromatic N) is 3. The average Bonchev–Trinajstić information content (AvgIpc) is 3.13. The second-order valence-electron chi connectivity index (χ2n) is 4.58. The molecule has 1 aliphatic rings. The van der Waals surface area contributed by atoms with E-state index in [4.69, 9.17) is 0 Å². The van der Waals surface area contributed by atoms with Crippen molar-refractivity contribution in [2.45, 2.75) is 38.4 Å². The molecule has 1 atom stereocenters. The number of hydrogen-bond acceptors (Lipinski definition) is 4. The maximum absolute atomic E-state index is 4.18. The van der Waals surface area contributed by atoms with Crippen LogP contribution < -0.4 is 5.32 Å². The van der Waals surface area contributed by atoms with Crippen molar-refractivity contribution < 1.29 is 0 Å². The predicted octanol–water partition coefficient (Wildman–Crippen LogP) is 1.05. The van der Waals surface area contributed by atoms with Crippen molar-refractivity contribution in [3.63, 3.8) is 0 Å². The first-order chi connectivity index (χ1) is 7.77. The van der Waals surface area contributed by atoms with Crippen LogP contribution in [-0.4, -0.2) is 40.5 Å². The van der Waals surface area contributed by atoms with Gasteiger partial charge in [-0.2, -0.15) is 0 Å². The van der Waals surface area contributed by atoms with Gasteiger partial charge in [0.1, 0.15) is 6.33 Å². The van der Waals surface area contributed by atoms with E-state index in [9.17, 15) is 0 Å². The summed E-state index contributed by atoms with van der Waals surface area (Å²) >= 11 is 0. The highest BCUT2D eigenvalue weighted by Gasteiger charge is 2.28. The second-order valence-corrected chi connectivity index (χ2v) is 4.58. The smallest absolute Gasteiger partial charge is 0.115 e. The van der Waals surface area contributed by atoms with E-state index in [2.05, 4.69) is 34.2 Å². The number of likely N-dealkylation sites (N-methyl/N-ethyl adjacent to an activating group) is 1. The van der Waals surface area contributed by atoms with Gasteiger partial charge in [-0.3, -0.25) is 4.90 Å². The molecule has 1 aromatic heterocycles. The first-order valence-corrected chi connectivity index (χ1v) is 5.95. The Morgan fingerprint density at radius 2 is 2.38 bits per heavy atom. The zero-order chi connectivity index (χ0) is 11.4. The Kier molecular flexibility index (Phi) is 3.85. The summed E-state index contributed by atoms with van der Waals surface area (Å²) in [5.41, 5.74) is 1.05. The predicted molar refractivity (Wildman–Crippen MR) is 64.0 cm³/mol. The van der Waals surface area contributed by atoms with Crippen molar-refractivity contribution in [2.24, 2.45) is 0 Å². The molecule has 1 saturated carbocycles. The molecule has 0 amide bonds. The fraction of sp³-hybridized carbons (Fsp3) is 0.667. The minimum Gasteiger partial charge on any atom is -0.310 e. The zero-order valence-corrected chi connectivity index (χ0v) is 10.1. The largest absolute Gasteiger partial charge is 0.310 e. The molecule has 1 fully saturated rings. The molecule has 2 rings (SSSR count). The van der Waals surface area contributed by atoms with Gasteiger partial charge in [0.05, 0.1) is 5.69 Å². The summed E-state index contributed by atoms with van der Waals surface area (Å²) in [6.07, 6.45) is 6.11. The van der Waals surface area contributed by atoms with Crippen LogP contribution in [0.2, 0.25) is 0 Å². The third-order valence-corrected chi connectivity index (χ3v) is 3.21. The van der Waals surface area contributed by atoms with E-state index < -0.39 is 0 Å². The molecule has 0 spiro atoms. The number of rotatable bonds is 6. The molecule has 0 aromatic carbocycles. The molecule has 0 bridgehead atoms. The van der Waals surface area contributed by atoms with Crippen molar-refractivity contribution in [2.75, 3.05) is 13.6 Å². The standard InChI is InChI=1S/C12H20N4/c1-10(16(2)12-3-4-12)7-14-8-11-5-6-13-9-15-11/h5-6,9-10,12,14H,3-4,7-8H2,1-2H3. The number of aromatic nitrogens is 2. The molecule has 1 N–H and O–H groups in total. The normalized spacial score (nSPS) is 17.7. The Bertz CT molecular complexity index is 310. The monoisotopic (exact) mass is 220 g/mol. The van der Waals surface area contributed by atoms with Gasteiger partial charge < -0.3 is 5.32 Å². The highest BCUT2D eigenvalue weighted by atomic mass is 15.2. The fourth-order valence-corrected chi connectivity index (χ4v) is 1.82. The Balaban J connectivity index is 1.67. The van der Waals surface area contributed by atoms with Gasteiger partial charge in [0.2, 0.25) is 0 Å². The first-order valence-electron chi connectivity index (χ1n) is 5.95. The van der Waals surface area contributed by atoms with E-state index in [-0.39, 0.29) is 0 Å². The molecule has 0 aliphatic heterocycles. The van der Waals surface area contributed by atoms with Crippen LogP contribution in [0.4, 0.5) is 0 Å². The van der Waals surface area contributed by atoms with Crippen molar-refractivity contribution in [3.8, 4) is 0 Å². The van der Waals surface area contributed by atoms with Crippen LogP contribution in [0.15, 0.2) is 18.6 Å². The highest BCUT2D eigenvalue weighted by molar-refractivity contribution is 4.97. The van der Waals surface area contributed by atoms with Gasteiger partial charge in [0.25, 0.3) is 0 Å². The van der Waals surface area contributed by atoms with Gasteiger partial charge in [-0.05, 0) is 32.9 Å². The highest BCUT2D eigenvalue weighted by Crippen LogP contribution is 2.26. The average molecular weight is 220 g/mol. The lowest BCUT2D eigenvalue weighted by Gasteiger charge is -2.24. The van der Waals surface area contributed by atoms with E-state index in [0.717, 1.165) is 24.8 Å². The van der Waals surface area contributed by atoms with Crippen LogP contribution in [0.25, 0.3) is 0 Å². The topological polar surface area (TPSA) is 41.1 Å². The molecule has 88 valence electrons. The van der Waals surface area contributed by atoms with Gasteiger partial charge >= 0.3 is 0 Å². The number of hydrogen-bond donors (Lipinski definition) is 1. The Hall–Kier alpha value is -1.00. The molecule has 0 saturated heterocycles. The van der Waals surface area contributed by atoms with Crippen LogP contribution in [0, 0.1) is 0 Å². The SMILES string of the molecule is CC(CNCc1ccncn1)N(C)C1CC1. The van der Waals surface area contributed by atoms with E-state index >= 15 is 0 Å². The summed E-state index contributed by atoms with van der Waals surface area (Å²) in [6.45, 7) is 4.10. The quantitative estimate of drug-likeness (QED) is 0.778. The molecule has 1 heterocycles. The van der Waals surface area contributed by atoms with Crippen molar-refractivity contribution in [1.29, 1.82) is 0 Å². The van der Waals surface area contributed by atoms with Crippen molar-refractivity contribution in [1.82, 2.24) is 20.2 Å². The van der Waals surface area contributed by atoms with Crippen LogP contribution in [0.3, 0.4) is 0 Å². The Morgan fingerprint density at radius 3 is 3.00 bits per heavy atom. The summed E-state index contributed by atoms with van der Waals surface area (Å²) < 4.78 is 0. The zero-order valence-electron chi connectivity index (χ0n) is 10.1. The number of nitrogens with one attached hydrogen (secondary N) is 1. The lowest BCUT2D eigenvalue weighted by Crippen LogP contribution is -2.39. The Morgan fingerprint density at radius 1 is 1.56 bits per heavy atom. The lowest BCUT2D eigenvalue weighted by atomic mass is 10.3. The van der Waals surface area contributed by atoms with Crippen LogP contribution >= 0.6 is 0 Å². The van der Waals surface area contributed by atoms with Gasteiger partial charge in [0.15, 0.2) is 0 Å². The maximum Gasteiger partial charge on any atom is 0.115 e. The van der Waals surface area contributed by atoms with E-state index in [1.165, 1.54) is 12.8 Å². The molecule has 16 heavy (non-hydrogen) atoms. The molecular weight excluding hydrogens is 200 g/mol. The van der Waals surface area contributed by atoms with Crippen molar-refractivity contribution in [3.05, 3.63) is 24.3 Å². The van der Waals surface area contributed by atoms with Gasteiger partial charge in [-0.15, -0.1) is 0 Å². The van der Waals surface area contributed by atoms with E-state index in [1.54, 1.807) is 12.5 Å². The van der Waals surface area contributed by atoms with E-state index in [1.807, 2.05) is 6.07 Å². The Labute approximate surface area is 97.1 Å². The third-order valence-electron chi connectivity index (χ3n) is 3.21. The third kappa shape index (κ3) is 3.25. The molecule has 1 aromatic rings. The minimum absolute atomic E-state index is 0.592. The maximum atomic E-state index is 4.18. The molecular formula is C12H20N4. The first kappa shape index (κ1) is 11.5. The van der Waals surface area contributed by atoms with Crippen molar-refractivity contribution >= 4 is 0 Å². The summed E-state index contributed by atoms with van der Waals surface area (Å²) in [7, 11) is 2.22. The van der Waals surface area contributed by atoms with E-state index in [0.29, 0.717) is 6.04 Å². The van der Waals surface area contributed by atoms with Gasteiger partial charge in [0, 0.05) is 31.4 Å². The van der Waals surface area contributed by atoms with Gasteiger partial charge in [-0.1, -0.05) is 0 Å². The lowest BCUT2D eigenvalue weighted by molar-refractivity contribution is 0.241. The molecule has 4 nitrogen and oxygen atoms in total. The van der Waals surface area contributed by atoms with Crippen LogP contribution in [0.5, 0.6) is 0 Å². The van der Waals surface area contributed by atoms with Crippen LogP contribution in [-0.2, 0) is 6.54 Å². The molecule has 1 aliphatic carbocycles. The summed E-state index contributed by atoms with van der Waals surface area (Å²) in [6, 6.07) is 3.37. The summed E-state index contributed by atoms with van der Waals surface area (Å²) in [5.74, 6) is 0. The second kappa shape index (κ2) is 5.37. The molecule has 1 unspecified atom stereocenters.